The first kappa shape index (κ1) is 17.6. The monoisotopic (exact) mass is 341 g/mol. The van der Waals surface area contributed by atoms with Gasteiger partial charge in [-0.25, -0.2) is 9.67 Å². The van der Waals surface area contributed by atoms with Crippen LogP contribution in [0.5, 0.6) is 0 Å². The van der Waals surface area contributed by atoms with Crippen LogP contribution in [0, 0.1) is 5.92 Å². The van der Waals surface area contributed by atoms with Crippen molar-refractivity contribution in [2.24, 2.45) is 5.92 Å². The molecule has 1 fully saturated rings. The Bertz CT molecular complexity index is 674. The van der Waals surface area contributed by atoms with E-state index in [1.807, 2.05) is 31.2 Å². The minimum atomic E-state index is -0.0422. The quantitative estimate of drug-likeness (QED) is 0.877. The van der Waals surface area contributed by atoms with E-state index >= 15 is 0 Å². The molecule has 0 radical (unpaired) electrons. The standard InChI is InChI=1S/C19H27N5O/c1-14(2)18(23-10-4-5-11-23)19(25)22-15(3)16-6-8-17(9-7-16)24-13-20-12-21-24/h6-9,12-15,18H,4-5,10-11H2,1-3H3,(H,22,25)/t15-,18-/m0/s1. The Kier molecular flexibility index (Phi) is 5.48. The van der Waals surface area contributed by atoms with Gasteiger partial charge in [0, 0.05) is 0 Å². The van der Waals surface area contributed by atoms with Crippen molar-refractivity contribution in [3.8, 4) is 5.69 Å². The highest BCUT2D eigenvalue weighted by Gasteiger charge is 2.31. The fourth-order valence-corrected chi connectivity index (χ4v) is 3.55. The van der Waals surface area contributed by atoms with Crippen LogP contribution in [0.4, 0.5) is 0 Å². The van der Waals surface area contributed by atoms with E-state index in [0.717, 1.165) is 24.3 Å². The predicted molar refractivity (Wildman–Crippen MR) is 97.3 cm³/mol. The maximum Gasteiger partial charge on any atom is 0.238 e. The Balaban J connectivity index is 1.66. The molecule has 25 heavy (non-hydrogen) atoms. The molecule has 0 saturated carbocycles. The van der Waals surface area contributed by atoms with Gasteiger partial charge < -0.3 is 5.32 Å². The smallest absolute Gasteiger partial charge is 0.238 e. The third-order valence-corrected chi connectivity index (χ3v) is 4.87. The number of nitrogens with one attached hydrogen (secondary N) is 1. The van der Waals surface area contributed by atoms with Gasteiger partial charge >= 0.3 is 0 Å². The molecule has 6 heteroatoms. The average molecular weight is 341 g/mol. The number of hydrogen-bond acceptors (Lipinski definition) is 4. The van der Waals surface area contributed by atoms with E-state index in [0.29, 0.717) is 5.92 Å². The van der Waals surface area contributed by atoms with E-state index in [1.54, 1.807) is 11.0 Å². The van der Waals surface area contributed by atoms with Crippen molar-refractivity contribution in [2.45, 2.75) is 45.7 Å². The minimum Gasteiger partial charge on any atom is -0.348 e. The van der Waals surface area contributed by atoms with Gasteiger partial charge in [-0.15, -0.1) is 0 Å². The van der Waals surface area contributed by atoms with Crippen LogP contribution < -0.4 is 5.32 Å². The van der Waals surface area contributed by atoms with Crippen molar-refractivity contribution in [3.63, 3.8) is 0 Å². The normalized spacial score (nSPS) is 17.6. The molecule has 1 aliphatic rings. The summed E-state index contributed by atoms with van der Waals surface area (Å²) in [6.45, 7) is 8.33. The maximum atomic E-state index is 12.8. The molecule has 1 aromatic heterocycles. The SMILES string of the molecule is CC(C)[C@@H](C(=O)N[C@@H](C)c1ccc(-n2cncn2)cc1)N1CCCC1. The summed E-state index contributed by atoms with van der Waals surface area (Å²) in [5.41, 5.74) is 2.04. The first-order chi connectivity index (χ1) is 12.1. The van der Waals surface area contributed by atoms with Gasteiger partial charge in [-0.2, -0.15) is 5.10 Å². The second-order valence-corrected chi connectivity index (χ2v) is 7.09. The Hall–Kier alpha value is -2.21. The second kappa shape index (κ2) is 7.78. The van der Waals surface area contributed by atoms with Crippen molar-refractivity contribution in [2.75, 3.05) is 13.1 Å². The Morgan fingerprint density at radius 1 is 1.12 bits per heavy atom. The first-order valence-electron chi connectivity index (χ1n) is 9.05. The molecule has 1 saturated heterocycles. The molecule has 3 rings (SSSR count). The molecule has 0 aliphatic carbocycles. The number of amides is 1. The predicted octanol–water partition coefficient (Wildman–Crippen LogP) is 2.56. The molecule has 1 aliphatic heterocycles. The summed E-state index contributed by atoms with van der Waals surface area (Å²) in [6, 6.07) is 7.98. The number of carbonyl (C=O) groups excluding carboxylic acids is 1. The fourth-order valence-electron chi connectivity index (χ4n) is 3.55. The van der Waals surface area contributed by atoms with E-state index in [1.165, 1.54) is 19.2 Å². The van der Waals surface area contributed by atoms with Crippen LogP contribution in [0.1, 0.15) is 45.2 Å². The lowest BCUT2D eigenvalue weighted by atomic mass is 10.0. The molecule has 2 heterocycles. The summed E-state index contributed by atoms with van der Waals surface area (Å²) < 4.78 is 1.72. The van der Waals surface area contributed by atoms with Gasteiger partial charge in [-0.05, 0) is 56.5 Å². The highest BCUT2D eigenvalue weighted by molar-refractivity contribution is 5.82. The van der Waals surface area contributed by atoms with Crippen molar-refractivity contribution in [3.05, 3.63) is 42.5 Å². The van der Waals surface area contributed by atoms with Crippen LogP contribution >= 0.6 is 0 Å². The third-order valence-electron chi connectivity index (χ3n) is 4.87. The van der Waals surface area contributed by atoms with Gasteiger partial charge in [0.2, 0.25) is 5.91 Å². The lowest BCUT2D eigenvalue weighted by Crippen LogP contribution is -2.49. The second-order valence-electron chi connectivity index (χ2n) is 7.09. The van der Waals surface area contributed by atoms with Crippen LogP contribution in [0.3, 0.4) is 0 Å². The van der Waals surface area contributed by atoms with Crippen LogP contribution in [0.15, 0.2) is 36.9 Å². The molecule has 1 amide bonds. The molecule has 2 aromatic rings. The van der Waals surface area contributed by atoms with Crippen molar-refractivity contribution in [1.29, 1.82) is 0 Å². The van der Waals surface area contributed by atoms with Crippen molar-refractivity contribution < 1.29 is 4.79 Å². The number of carbonyl (C=O) groups is 1. The molecule has 134 valence electrons. The van der Waals surface area contributed by atoms with Gasteiger partial charge in [0.1, 0.15) is 12.7 Å². The summed E-state index contributed by atoms with van der Waals surface area (Å²) >= 11 is 0. The molecule has 0 spiro atoms. The van der Waals surface area contributed by atoms with E-state index in [9.17, 15) is 4.79 Å². The van der Waals surface area contributed by atoms with Crippen LogP contribution in [-0.4, -0.2) is 44.7 Å². The topological polar surface area (TPSA) is 63.1 Å². The maximum absolute atomic E-state index is 12.8. The van der Waals surface area contributed by atoms with Crippen LogP contribution in [0.2, 0.25) is 0 Å². The number of likely N-dealkylation sites (tertiary alicyclic amines) is 1. The Morgan fingerprint density at radius 3 is 2.36 bits per heavy atom. The summed E-state index contributed by atoms with van der Waals surface area (Å²) in [5, 5.41) is 7.32. The molecular formula is C19H27N5O. The molecule has 1 N–H and O–H groups in total. The first-order valence-corrected chi connectivity index (χ1v) is 9.05. The third kappa shape index (κ3) is 4.07. The zero-order valence-corrected chi connectivity index (χ0v) is 15.2. The van der Waals surface area contributed by atoms with Crippen molar-refractivity contribution >= 4 is 5.91 Å². The van der Waals surface area contributed by atoms with E-state index < -0.39 is 0 Å². The zero-order valence-electron chi connectivity index (χ0n) is 15.2. The van der Waals surface area contributed by atoms with Gasteiger partial charge in [-0.1, -0.05) is 26.0 Å². The van der Waals surface area contributed by atoms with Crippen LogP contribution in [0.25, 0.3) is 5.69 Å². The Morgan fingerprint density at radius 2 is 1.80 bits per heavy atom. The average Bonchev–Trinajstić information content (AvgIpc) is 3.28. The zero-order chi connectivity index (χ0) is 17.8. The minimum absolute atomic E-state index is 0.0267. The summed E-state index contributed by atoms with van der Waals surface area (Å²) in [5.74, 6) is 0.435. The number of benzene rings is 1. The number of aromatic nitrogens is 3. The lowest BCUT2D eigenvalue weighted by Gasteiger charge is -2.30. The molecule has 6 nitrogen and oxygen atoms in total. The molecule has 0 unspecified atom stereocenters. The number of rotatable bonds is 6. The van der Waals surface area contributed by atoms with Gasteiger partial charge in [0.15, 0.2) is 0 Å². The van der Waals surface area contributed by atoms with E-state index in [-0.39, 0.29) is 18.0 Å². The lowest BCUT2D eigenvalue weighted by molar-refractivity contribution is -0.128. The van der Waals surface area contributed by atoms with Crippen molar-refractivity contribution in [1.82, 2.24) is 25.0 Å². The summed E-state index contributed by atoms with van der Waals surface area (Å²) in [7, 11) is 0. The number of nitrogens with zero attached hydrogens (tertiary/aromatic N) is 4. The Labute approximate surface area is 149 Å². The van der Waals surface area contributed by atoms with Gasteiger partial charge in [-0.3, -0.25) is 9.69 Å². The van der Waals surface area contributed by atoms with Gasteiger partial charge in [0.25, 0.3) is 0 Å². The van der Waals surface area contributed by atoms with Gasteiger partial charge in [0.05, 0.1) is 17.8 Å². The molecule has 1 aromatic carbocycles. The van der Waals surface area contributed by atoms with Crippen LogP contribution in [-0.2, 0) is 4.79 Å². The molecular weight excluding hydrogens is 314 g/mol. The van der Waals surface area contributed by atoms with E-state index in [4.69, 9.17) is 0 Å². The highest BCUT2D eigenvalue weighted by Crippen LogP contribution is 2.20. The number of hydrogen-bond donors (Lipinski definition) is 1. The summed E-state index contributed by atoms with van der Waals surface area (Å²) in [4.78, 5) is 19.1. The summed E-state index contributed by atoms with van der Waals surface area (Å²) in [6.07, 6.45) is 5.57. The highest BCUT2D eigenvalue weighted by atomic mass is 16.2. The molecule has 0 bridgehead atoms. The van der Waals surface area contributed by atoms with E-state index in [2.05, 4.69) is 34.1 Å². The molecule has 2 atom stereocenters. The largest absolute Gasteiger partial charge is 0.348 e. The fraction of sp³-hybridized carbons (Fsp3) is 0.526.